The lowest BCUT2D eigenvalue weighted by Crippen LogP contribution is -2.11. The first kappa shape index (κ1) is 13.2. The molecule has 14 heavy (non-hydrogen) atoms. The molecule has 1 aromatic heterocycles. The largest absolute Gasteiger partial charge is 0.415 e. The molecule has 0 saturated carbocycles. The van der Waals surface area contributed by atoms with Gasteiger partial charge in [-0.05, 0) is 6.07 Å². The molecule has 1 heterocycles. The van der Waals surface area contributed by atoms with Crippen LogP contribution in [0.2, 0.25) is 5.02 Å². The Bertz CT molecular complexity index is 300. The smallest absolute Gasteiger partial charge is 0.388 e. The fourth-order valence-corrected chi connectivity index (χ4v) is 0.866. The molecule has 0 spiro atoms. The highest BCUT2D eigenvalue weighted by Gasteiger charge is 2.10. The Balaban J connectivity index is 0.00000169. The molecule has 0 amide bonds. The van der Waals surface area contributed by atoms with E-state index in [1.54, 1.807) is 0 Å². The second-order valence-corrected chi connectivity index (χ2v) is 2.47. The van der Waals surface area contributed by atoms with E-state index < -0.39 is 6.61 Å². The predicted octanol–water partition coefficient (Wildman–Crippen LogP) is 2.04. The molecule has 0 fully saturated rings. The van der Waals surface area contributed by atoms with Crippen molar-refractivity contribution < 1.29 is 13.5 Å². The summed E-state index contributed by atoms with van der Waals surface area (Å²) >= 11 is 5.53. The molecule has 0 aliphatic rings. The van der Waals surface area contributed by atoms with Crippen molar-refractivity contribution in [3.8, 4) is 5.88 Å². The van der Waals surface area contributed by atoms with Gasteiger partial charge in [-0.25, -0.2) is 4.98 Å². The lowest BCUT2D eigenvalue weighted by molar-refractivity contribution is -0.0523. The first-order valence-electron chi connectivity index (χ1n) is 3.20. The molecule has 0 saturated heterocycles. The van der Waals surface area contributed by atoms with Gasteiger partial charge in [0.15, 0.2) is 0 Å². The van der Waals surface area contributed by atoms with E-state index in [1.165, 1.54) is 12.3 Å². The number of hydrazine groups is 1. The summed E-state index contributed by atoms with van der Waals surface area (Å²) in [6.45, 7) is -2.94. The number of nitrogens with two attached hydrogens (primary N) is 1. The molecule has 0 aliphatic carbocycles. The third kappa shape index (κ3) is 3.49. The Hall–Kier alpha value is -0.850. The summed E-state index contributed by atoms with van der Waals surface area (Å²) in [5, 5.41) is 0.273. The normalized spacial score (nSPS) is 9.50. The second kappa shape index (κ2) is 5.79. The number of aromatic nitrogens is 1. The summed E-state index contributed by atoms with van der Waals surface area (Å²) in [6, 6.07) is 1.33. The average molecular weight is 246 g/mol. The molecule has 0 unspecified atom stereocenters. The summed E-state index contributed by atoms with van der Waals surface area (Å²) in [5.74, 6) is 4.73. The quantitative estimate of drug-likeness (QED) is 0.632. The van der Waals surface area contributed by atoms with Gasteiger partial charge in [-0.3, -0.25) is 5.84 Å². The van der Waals surface area contributed by atoms with Crippen LogP contribution in [0.1, 0.15) is 0 Å². The van der Waals surface area contributed by atoms with Crippen LogP contribution in [-0.4, -0.2) is 11.6 Å². The molecule has 0 aromatic carbocycles. The van der Waals surface area contributed by atoms with Crippen molar-refractivity contribution in [1.29, 1.82) is 0 Å². The number of alkyl halides is 2. The van der Waals surface area contributed by atoms with E-state index in [4.69, 9.17) is 17.4 Å². The minimum absolute atomic E-state index is 0. The molecule has 4 nitrogen and oxygen atoms in total. The fourth-order valence-electron chi connectivity index (χ4n) is 0.708. The second-order valence-electron chi connectivity index (χ2n) is 2.03. The maximum absolute atomic E-state index is 11.8. The number of hydrogen-bond acceptors (Lipinski definition) is 4. The lowest BCUT2D eigenvalue weighted by Gasteiger charge is -2.08. The molecule has 0 atom stereocenters. The Kier molecular flexibility index (Phi) is 5.44. The number of ether oxygens (including phenoxy) is 1. The lowest BCUT2D eigenvalue weighted by atomic mass is 10.4. The molecular weight excluding hydrogens is 239 g/mol. The van der Waals surface area contributed by atoms with Crippen LogP contribution in [0.25, 0.3) is 0 Å². The van der Waals surface area contributed by atoms with Crippen LogP contribution in [0.4, 0.5) is 14.5 Å². The number of nitrogen functional groups attached to an aromatic ring is 1. The van der Waals surface area contributed by atoms with Crippen molar-refractivity contribution in [3.63, 3.8) is 0 Å². The summed E-state index contributed by atoms with van der Waals surface area (Å²) < 4.78 is 27.6. The van der Waals surface area contributed by atoms with Gasteiger partial charge in [0.05, 0.1) is 5.02 Å². The molecule has 1 rings (SSSR count). The highest BCUT2D eigenvalue weighted by atomic mass is 35.5. The van der Waals surface area contributed by atoms with E-state index in [-0.39, 0.29) is 29.0 Å². The Morgan fingerprint density at radius 2 is 2.21 bits per heavy atom. The Labute approximate surface area is 89.8 Å². The van der Waals surface area contributed by atoms with Crippen LogP contribution >= 0.6 is 24.0 Å². The van der Waals surface area contributed by atoms with E-state index in [0.717, 1.165) is 0 Å². The van der Waals surface area contributed by atoms with Gasteiger partial charge in [-0.1, -0.05) is 11.6 Å². The average Bonchev–Trinajstić information content (AvgIpc) is 2.07. The van der Waals surface area contributed by atoms with Gasteiger partial charge >= 0.3 is 6.61 Å². The molecule has 1 aromatic rings. The van der Waals surface area contributed by atoms with Crippen LogP contribution in [-0.2, 0) is 0 Å². The zero-order valence-corrected chi connectivity index (χ0v) is 8.28. The van der Waals surface area contributed by atoms with Gasteiger partial charge in [-0.15, -0.1) is 12.4 Å². The number of hydrogen-bond donors (Lipinski definition) is 2. The number of pyridine rings is 1. The zero-order valence-electron chi connectivity index (χ0n) is 6.71. The first-order chi connectivity index (χ1) is 6.13. The minimum Gasteiger partial charge on any atom is -0.415 e. The van der Waals surface area contributed by atoms with Crippen molar-refractivity contribution in [2.24, 2.45) is 5.84 Å². The molecular formula is C6H7Cl2F2N3O. The molecule has 0 bridgehead atoms. The molecule has 3 N–H and O–H groups in total. The van der Waals surface area contributed by atoms with E-state index >= 15 is 0 Å². The number of nitrogens with zero attached hydrogens (tertiary/aromatic N) is 1. The van der Waals surface area contributed by atoms with Gasteiger partial charge in [0, 0.05) is 6.20 Å². The van der Waals surface area contributed by atoms with Crippen molar-refractivity contribution >= 4 is 29.7 Å². The topological polar surface area (TPSA) is 60.2 Å². The third-order valence-corrected chi connectivity index (χ3v) is 1.38. The maximum Gasteiger partial charge on any atom is 0.388 e. The van der Waals surface area contributed by atoms with E-state index in [2.05, 4.69) is 15.1 Å². The monoisotopic (exact) mass is 245 g/mol. The van der Waals surface area contributed by atoms with Crippen LogP contribution < -0.4 is 16.0 Å². The maximum atomic E-state index is 11.8. The van der Waals surface area contributed by atoms with E-state index in [1.807, 2.05) is 0 Å². The third-order valence-electron chi connectivity index (χ3n) is 1.17. The van der Waals surface area contributed by atoms with Crippen LogP contribution in [0.15, 0.2) is 12.3 Å². The van der Waals surface area contributed by atoms with Crippen molar-refractivity contribution in [2.45, 2.75) is 6.61 Å². The first-order valence-corrected chi connectivity index (χ1v) is 3.58. The number of nitrogens with one attached hydrogen (secondary N) is 1. The van der Waals surface area contributed by atoms with Gasteiger partial charge in [0.2, 0.25) is 5.88 Å². The van der Waals surface area contributed by atoms with E-state index in [9.17, 15) is 8.78 Å². The number of anilines is 1. The molecule has 0 aliphatic heterocycles. The van der Waals surface area contributed by atoms with Crippen molar-refractivity contribution in [3.05, 3.63) is 17.3 Å². The molecule has 8 heteroatoms. The van der Waals surface area contributed by atoms with Crippen molar-refractivity contribution in [2.75, 3.05) is 5.43 Å². The van der Waals surface area contributed by atoms with Crippen LogP contribution in [0.3, 0.4) is 0 Å². The molecule has 80 valence electrons. The molecule has 0 radical (unpaired) electrons. The van der Waals surface area contributed by atoms with Gasteiger partial charge in [0.25, 0.3) is 0 Å². The zero-order chi connectivity index (χ0) is 9.84. The Morgan fingerprint density at radius 1 is 1.57 bits per heavy atom. The highest BCUT2D eigenvalue weighted by molar-refractivity contribution is 6.30. The summed E-state index contributed by atoms with van der Waals surface area (Å²) in [7, 11) is 0. The van der Waals surface area contributed by atoms with Crippen molar-refractivity contribution in [1.82, 2.24) is 4.98 Å². The summed E-state index contributed by atoms with van der Waals surface area (Å²) in [6.07, 6.45) is 1.18. The van der Waals surface area contributed by atoms with Crippen LogP contribution in [0, 0.1) is 0 Å². The summed E-state index contributed by atoms with van der Waals surface area (Å²) in [4.78, 5) is 3.51. The van der Waals surface area contributed by atoms with Gasteiger partial charge in [0.1, 0.15) is 5.69 Å². The highest BCUT2D eigenvalue weighted by Crippen LogP contribution is 2.25. The van der Waals surface area contributed by atoms with E-state index in [0.29, 0.717) is 0 Å². The van der Waals surface area contributed by atoms with Gasteiger partial charge in [-0.2, -0.15) is 8.78 Å². The SMILES string of the molecule is Cl.NNc1cc(Cl)cnc1OC(F)F. The standard InChI is InChI=1S/C6H6ClF2N3O.ClH/c7-3-1-4(12-10)5(11-2-3)13-6(8)9;/h1-2,6,12H,10H2;1H. The number of halogens is 4. The Morgan fingerprint density at radius 3 is 2.71 bits per heavy atom. The predicted molar refractivity (Wildman–Crippen MR) is 50.9 cm³/mol. The number of rotatable bonds is 3. The fraction of sp³-hybridized carbons (Fsp3) is 0.167. The van der Waals surface area contributed by atoms with Crippen LogP contribution in [0.5, 0.6) is 5.88 Å². The minimum atomic E-state index is -2.94. The summed E-state index contributed by atoms with van der Waals surface area (Å²) in [5.41, 5.74) is 2.24. The van der Waals surface area contributed by atoms with Gasteiger partial charge < -0.3 is 10.2 Å².